The van der Waals surface area contributed by atoms with E-state index in [0.29, 0.717) is 5.92 Å². The van der Waals surface area contributed by atoms with Crippen molar-refractivity contribution in [3.05, 3.63) is 18.6 Å². The van der Waals surface area contributed by atoms with E-state index in [-0.39, 0.29) is 6.61 Å². The van der Waals surface area contributed by atoms with Gasteiger partial charge in [-0.25, -0.2) is 0 Å². The van der Waals surface area contributed by atoms with Gasteiger partial charge in [0.2, 0.25) is 0 Å². The highest BCUT2D eigenvalue weighted by atomic mass is 16.3. The van der Waals surface area contributed by atoms with Gasteiger partial charge in [-0.1, -0.05) is 6.08 Å². The zero-order chi connectivity index (χ0) is 5.98. The van der Waals surface area contributed by atoms with Crippen molar-refractivity contribution in [2.45, 2.75) is 12.8 Å². The second-order valence-electron chi connectivity index (χ2n) is 2.21. The summed E-state index contributed by atoms with van der Waals surface area (Å²) in [5.41, 5.74) is 0. The molecule has 8 heavy (non-hydrogen) atoms. The molecule has 1 aliphatic rings. The van der Waals surface area contributed by atoms with Crippen molar-refractivity contribution in [3.8, 4) is 0 Å². The molecule has 0 unspecified atom stereocenters. The van der Waals surface area contributed by atoms with E-state index in [2.05, 4.69) is 6.58 Å². The van der Waals surface area contributed by atoms with Crippen molar-refractivity contribution in [2.24, 2.45) is 5.92 Å². The van der Waals surface area contributed by atoms with Gasteiger partial charge in [0.15, 0.2) is 0 Å². The summed E-state index contributed by atoms with van der Waals surface area (Å²) in [6, 6.07) is 0. The van der Waals surface area contributed by atoms with Crippen LogP contribution in [0.15, 0.2) is 12.7 Å². The second-order valence-corrected chi connectivity index (χ2v) is 2.21. The molecule has 0 bridgehead atoms. The smallest absolute Gasteiger partial charge is 0.0533 e. The Morgan fingerprint density at radius 3 is 2.50 bits per heavy atom. The number of aliphatic hydroxyl groups excluding tert-OH is 1. The maximum Gasteiger partial charge on any atom is 0.0533 e. The summed E-state index contributed by atoms with van der Waals surface area (Å²) < 4.78 is 0. The number of rotatable bonds is 3. The average molecular weight is 111 g/mol. The average Bonchev–Trinajstić information content (AvgIpc) is 2.53. The minimum absolute atomic E-state index is 0.203. The fourth-order valence-corrected chi connectivity index (χ4v) is 0.814. The van der Waals surface area contributed by atoms with Crippen LogP contribution in [0.1, 0.15) is 12.8 Å². The fraction of sp³-hybridized carbons (Fsp3) is 0.571. The summed E-state index contributed by atoms with van der Waals surface area (Å²) in [6.45, 7) is 3.80. The van der Waals surface area contributed by atoms with Crippen molar-refractivity contribution in [1.82, 2.24) is 0 Å². The highest BCUT2D eigenvalue weighted by Crippen LogP contribution is 2.38. The lowest BCUT2D eigenvalue weighted by Gasteiger charge is -2.02. The first kappa shape index (κ1) is 5.83. The molecule has 0 amide bonds. The number of aliphatic hydroxyl groups is 1. The van der Waals surface area contributed by atoms with Gasteiger partial charge in [0.05, 0.1) is 6.61 Å². The van der Waals surface area contributed by atoms with Crippen LogP contribution < -0.4 is 0 Å². The molecule has 0 spiro atoms. The van der Waals surface area contributed by atoms with Gasteiger partial charge in [-0.3, -0.25) is 0 Å². The predicted octanol–water partition coefficient (Wildman–Crippen LogP) is 1.15. The van der Waals surface area contributed by atoms with Gasteiger partial charge >= 0.3 is 0 Å². The second kappa shape index (κ2) is 2.31. The van der Waals surface area contributed by atoms with Crippen LogP contribution in [0.5, 0.6) is 0 Å². The topological polar surface area (TPSA) is 20.2 Å². The molecular weight excluding hydrogens is 100 g/mol. The number of hydrogen-bond acceptors (Lipinski definition) is 1. The molecule has 0 aliphatic heterocycles. The van der Waals surface area contributed by atoms with Crippen LogP contribution in [0, 0.1) is 11.8 Å². The van der Waals surface area contributed by atoms with Gasteiger partial charge < -0.3 is 5.11 Å². The molecule has 0 aromatic rings. The standard InChI is InChI=1S/C7H11O/c1-2-6(5-8)7-3-4-7/h2,7-8H,1,3-5H2. The Morgan fingerprint density at radius 1 is 1.75 bits per heavy atom. The van der Waals surface area contributed by atoms with Gasteiger partial charge in [0.1, 0.15) is 0 Å². The van der Waals surface area contributed by atoms with Crippen molar-refractivity contribution >= 4 is 0 Å². The first-order valence-electron chi connectivity index (χ1n) is 2.97. The highest BCUT2D eigenvalue weighted by Gasteiger charge is 2.28. The molecule has 1 saturated carbocycles. The molecule has 1 heteroatoms. The van der Waals surface area contributed by atoms with E-state index in [4.69, 9.17) is 5.11 Å². The van der Waals surface area contributed by atoms with Crippen LogP contribution in [0.2, 0.25) is 0 Å². The van der Waals surface area contributed by atoms with Crippen LogP contribution >= 0.6 is 0 Å². The van der Waals surface area contributed by atoms with Crippen LogP contribution in [0.25, 0.3) is 0 Å². The van der Waals surface area contributed by atoms with E-state index in [1.54, 1.807) is 6.08 Å². The van der Waals surface area contributed by atoms with E-state index < -0.39 is 0 Å². The van der Waals surface area contributed by atoms with Crippen LogP contribution in [-0.2, 0) is 0 Å². The highest BCUT2D eigenvalue weighted by molar-refractivity contribution is 5.14. The van der Waals surface area contributed by atoms with Crippen molar-refractivity contribution in [2.75, 3.05) is 6.61 Å². The normalized spacial score (nSPS) is 19.2. The SMILES string of the molecule is C=C[C](CO)C1CC1. The first-order chi connectivity index (χ1) is 3.88. The molecule has 45 valence electrons. The molecule has 1 fully saturated rings. The maximum absolute atomic E-state index is 8.63. The Balaban J connectivity index is 2.25. The Morgan fingerprint density at radius 2 is 2.38 bits per heavy atom. The Kier molecular flexibility index (Phi) is 1.69. The molecule has 1 rings (SSSR count). The molecule has 0 saturated heterocycles. The van der Waals surface area contributed by atoms with Crippen molar-refractivity contribution in [1.29, 1.82) is 0 Å². The monoisotopic (exact) mass is 111 g/mol. The summed E-state index contributed by atoms with van der Waals surface area (Å²) in [6.07, 6.45) is 4.28. The summed E-state index contributed by atoms with van der Waals surface area (Å²) in [4.78, 5) is 0. The van der Waals surface area contributed by atoms with Crippen LogP contribution in [0.3, 0.4) is 0 Å². The molecule has 0 atom stereocenters. The van der Waals surface area contributed by atoms with E-state index in [1.165, 1.54) is 12.8 Å². The van der Waals surface area contributed by atoms with Crippen LogP contribution in [-0.4, -0.2) is 11.7 Å². The van der Waals surface area contributed by atoms with E-state index in [1.807, 2.05) is 0 Å². The van der Waals surface area contributed by atoms with Gasteiger partial charge in [-0.15, -0.1) is 6.58 Å². The lowest BCUT2D eigenvalue weighted by molar-refractivity contribution is 0.307. The van der Waals surface area contributed by atoms with Crippen LogP contribution in [0.4, 0.5) is 0 Å². The quantitative estimate of drug-likeness (QED) is 0.579. The third kappa shape index (κ3) is 1.10. The molecular formula is C7H11O. The van der Waals surface area contributed by atoms with Gasteiger partial charge in [-0.05, 0) is 18.8 Å². The van der Waals surface area contributed by atoms with Gasteiger partial charge in [-0.2, -0.15) is 0 Å². The zero-order valence-electron chi connectivity index (χ0n) is 4.93. The molecule has 0 heterocycles. The summed E-state index contributed by atoms with van der Waals surface area (Å²) >= 11 is 0. The largest absolute Gasteiger partial charge is 0.395 e. The molecule has 0 aromatic heterocycles. The van der Waals surface area contributed by atoms with E-state index in [9.17, 15) is 0 Å². The fourth-order valence-electron chi connectivity index (χ4n) is 0.814. The van der Waals surface area contributed by atoms with Gasteiger partial charge in [0, 0.05) is 5.92 Å². The third-order valence-corrected chi connectivity index (χ3v) is 1.55. The summed E-state index contributed by atoms with van der Waals surface area (Å²) in [7, 11) is 0. The molecule has 1 nitrogen and oxygen atoms in total. The lowest BCUT2D eigenvalue weighted by atomic mass is 10.1. The number of hydrogen-bond donors (Lipinski definition) is 1. The molecule has 1 radical (unpaired) electrons. The first-order valence-corrected chi connectivity index (χ1v) is 2.97. The van der Waals surface area contributed by atoms with Gasteiger partial charge in [0.25, 0.3) is 0 Å². The predicted molar refractivity (Wildman–Crippen MR) is 33.2 cm³/mol. The summed E-state index contributed by atoms with van der Waals surface area (Å²) in [5, 5.41) is 8.63. The third-order valence-electron chi connectivity index (χ3n) is 1.55. The molecule has 1 aliphatic carbocycles. The molecule has 0 aromatic carbocycles. The minimum Gasteiger partial charge on any atom is -0.395 e. The zero-order valence-corrected chi connectivity index (χ0v) is 4.93. The maximum atomic E-state index is 8.63. The van der Waals surface area contributed by atoms with E-state index >= 15 is 0 Å². The Bertz CT molecular complexity index is 84.4. The Hall–Kier alpha value is -0.300. The Labute approximate surface area is 50.0 Å². The lowest BCUT2D eigenvalue weighted by Crippen LogP contribution is -2.00. The summed E-state index contributed by atoms with van der Waals surface area (Å²) in [5.74, 6) is 1.79. The minimum atomic E-state index is 0.203. The van der Waals surface area contributed by atoms with E-state index in [0.717, 1.165) is 5.92 Å². The molecule has 1 N–H and O–H groups in total. The van der Waals surface area contributed by atoms with Crippen molar-refractivity contribution in [3.63, 3.8) is 0 Å². The van der Waals surface area contributed by atoms with Crippen molar-refractivity contribution < 1.29 is 5.11 Å².